The van der Waals surface area contributed by atoms with Gasteiger partial charge in [-0.25, -0.2) is 0 Å². The molecule has 0 amide bonds. The van der Waals surface area contributed by atoms with Crippen molar-refractivity contribution in [2.24, 2.45) is 0 Å². The molecule has 1 atom stereocenters. The normalized spacial score (nSPS) is 12.5. The first-order valence-electron chi connectivity index (χ1n) is 6.06. The maximum absolute atomic E-state index is 9.17. The van der Waals surface area contributed by atoms with Crippen LogP contribution in [0.15, 0.2) is 18.2 Å². The minimum atomic E-state index is 0.123. The smallest absolute Gasteiger partial charge is 0.0684 e. The number of thioether (sulfide) groups is 1. The van der Waals surface area contributed by atoms with Crippen LogP contribution in [0.2, 0.25) is 0 Å². The van der Waals surface area contributed by atoms with Crippen LogP contribution in [-0.4, -0.2) is 30.2 Å². The largest absolute Gasteiger partial charge is 0.392 e. The van der Waals surface area contributed by atoms with Gasteiger partial charge in [-0.15, -0.1) is 0 Å². The van der Waals surface area contributed by atoms with Crippen LogP contribution in [0.1, 0.15) is 24.5 Å². The van der Waals surface area contributed by atoms with Gasteiger partial charge >= 0.3 is 0 Å². The van der Waals surface area contributed by atoms with Gasteiger partial charge in [0, 0.05) is 24.5 Å². The van der Waals surface area contributed by atoms with Crippen LogP contribution in [0.3, 0.4) is 0 Å². The Balaban J connectivity index is 2.87. The summed E-state index contributed by atoms with van der Waals surface area (Å²) < 4.78 is 0. The van der Waals surface area contributed by atoms with Gasteiger partial charge in [0.2, 0.25) is 0 Å². The van der Waals surface area contributed by atoms with Crippen LogP contribution < -0.4 is 4.90 Å². The van der Waals surface area contributed by atoms with Crippen molar-refractivity contribution in [3.8, 4) is 0 Å². The number of benzene rings is 1. The molecule has 0 aromatic heterocycles. The Morgan fingerprint density at radius 3 is 2.59 bits per heavy atom. The number of nitrogens with zero attached hydrogens (tertiary/aromatic N) is 1. The highest BCUT2D eigenvalue weighted by atomic mass is 32.2. The van der Waals surface area contributed by atoms with Gasteiger partial charge in [0.15, 0.2) is 0 Å². The molecule has 2 nitrogen and oxygen atoms in total. The predicted molar refractivity (Wildman–Crippen MR) is 78.0 cm³/mol. The van der Waals surface area contributed by atoms with Crippen molar-refractivity contribution in [1.29, 1.82) is 0 Å². The molecule has 0 saturated heterocycles. The fourth-order valence-electron chi connectivity index (χ4n) is 1.98. The summed E-state index contributed by atoms with van der Waals surface area (Å²) in [7, 11) is 2.15. The zero-order valence-corrected chi connectivity index (χ0v) is 12.0. The molecule has 0 saturated carbocycles. The second-order valence-corrected chi connectivity index (χ2v) is 5.31. The summed E-state index contributed by atoms with van der Waals surface area (Å²) >= 11 is 1.89. The maximum atomic E-state index is 9.17. The summed E-state index contributed by atoms with van der Waals surface area (Å²) in [6, 6.07) is 6.85. The molecule has 1 rings (SSSR count). The van der Waals surface area contributed by atoms with Gasteiger partial charge in [-0.2, -0.15) is 11.8 Å². The van der Waals surface area contributed by atoms with E-state index >= 15 is 0 Å². The summed E-state index contributed by atoms with van der Waals surface area (Å²) in [5.74, 6) is 1.15. The second kappa shape index (κ2) is 6.92. The predicted octanol–water partition coefficient (Wildman–Crippen LogP) is 3.07. The van der Waals surface area contributed by atoms with E-state index in [4.69, 9.17) is 0 Å². The van der Waals surface area contributed by atoms with E-state index in [0.29, 0.717) is 6.04 Å². The van der Waals surface area contributed by atoms with Crippen molar-refractivity contribution in [1.82, 2.24) is 0 Å². The number of aryl methyl sites for hydroxylation is 1. The Morgan fingerprint density at radius 2 is 2.12 bits per heavy atom. The SMILES string of the molecule is CCC(CSC)N(C)c1ccc(CO)c(C)c1. The Labute approximate surface area is 109 Å². The van der Waals surface area contributed by atoms with Gasteiger partial charge < -0.3 is 10.0 Å². The lowest BCUT2D eigenvalue weighted by atomic mass is 10.1. The zero-order chi connectivity index (χ0) is 12.8. The minimum Gasteiger partial charge on any atom is -0.392 e. The first-order chi connectivity index (χ1) is 8.13. The molecule has 0 heterocycles. The summed E-state index contributed by atoms with van der Waals surface area (Å²) in [4.78, 5) is 2.34. The van der Waals surface area contributed by atoms with Crippen molar-refractivity contribution in [2.75, 3.05) is 24.0 Å². The number of aliphatic hydroxyl groups excluding tert-OH is 1. The molecule has 0 spiro atoms. The van der Waals surface area contributed by atoms with Crippen molar-refractivity contribution >= 4 is 17.4 Å². The Bertz CT molecular complexity index is 354. The first kappa shape index (κ1) is 14.4. The first-order valence-corrected chi connectivity index (χ1v) is 7.45. The second-order valence-electron chi connectivity index (χ2n) is 4.40. The standard InChI is InChI=1S/C14H23NOS/c1-5-13(10-17-4)15(3)14-7-6-12(9-16)11(2)8-14/h6-8,13,16H,5,9-10H2,1-4H3. The number of anilines is 1. The van der Waals surface area contributed by atoms with E-state index < -0.39 is 0 Å². The molecule has 3 heteroatoms. The van der Waals surface area contributed by atoms with E-state index in [1.807, 2.05) is 17.8 Å². The summed E-state index contributed by atoms with van der Waals surface area (Å²) in [5, 5.41) is 9.17. The number of hydrogen-bond donors (Lipinski definition) is 1. The maximum Gasteiger partial charge on any atom is 0.0684 e. The van der Waals surface area contributed by atoms with E-state index in [1.165, 1.54) is 5.69 Å². The molecule has 0 fully saturated rings. The Kier molecular flexibility index (Phi) is 5.86. The molecule has 0 bridgehead atoms. The van der Waals surface area contributed by atoms with Crippen molar-refractivity contribution < 1.29 is 5.11 Å². The van der Waals surface area contributed by atoms with Crippen LogP contribution in [0.25, 0.3) is 0 Å². The lowest BCUT2D eigenvalue weighted by Gasteiger charge is -2.29. The van der Waals surface area contributed by atoms with Crippen molar-refractivity contribution in [3.63, 3.8) is 0 Å². The molecule has 0 aliphatic carbocycles. The van der Waals surface area contributed by atoms with Gasteiger partial charge in [-0.3, -0.25) is 0 Å². The lowest BCUT2D eigenvalue weighted by Crippen LogP contribution is -2.33. The summed E-state index contributed by atoms with van der Waals surface area (Å²) in [5.41, 5.74) is 3.41. The van der Waals surface area contributed by atoms with Gasteiger partial charge in [-0.05, 0) is 42.9 Å². The number of aliphatic hydroxyl groups is 1. The van der Waals surface area contributed by atoms with Crippen LogP contribution in [0, 0.1) is 6.92 Å². The molecule has 0 aliphatic heterocycles. The Hall–Kier alpha value is -0.670. The highest BCUT2D eigenvalue weighted by molar-refractivity contribution is 7.98. The fraction of sp³-hybridized carbons (Fsp3) is 0.571. The average molecular weight is 253 g/mol. The van der Waals surface area contributed by atoms with Crippen molar-refractivity contribution in [2.45, 2.75) is 32.9 Å². The summed E-state index contributed by atoms with van der Waals surface area (Å²) in [6.45, 7) is 4.41. The molecule has 1 unspecified atom stereocenters. The molecule has 96 valence electrons. The van der Waals surface area contributed by atoms with Gasteiger partial charge in [0.05, 0.1) is 6.61 Å². The van der Waals surface area contributed by atoms with Crippen LogP contribution >= 0.6 is 11.8 Å². The van der Waals surface area contributed by atoms with E-state index in [1.54, 1.807) is 0 Å². The van der Waals surface area contributed by atoms with Gasteiger partial charge in [0.1, 0.15) is 0 Å². The molecule has 1 aromatic rings. The molecule has 1 aromatic carbocycles. The van der Waals surface area contributed by atoms with E-state index in [2.05, 4.69) is 44.2 Å². The summed E-state index contributed by atoms with van der Waals surface area (Å²) in [6.07, 6.45) is 3.30. The molecule has 17 heavy (non-hydrogen) atoms. The van der Waals surface area contributed by atoms with Crippen LogP contribution in [0.5, 0.6) is 0 Å². The fourth-order valence-corrected chi connectivity index (χ4v) is 2.83. The molecule has 0 aliphatic rings. The van der Waals surface area contributed by atoms with Crippen LogP contribution in [0.4, 0.5) is 5.69 Å². The molecule has 0 radical (unpaired) electrons. The van der Waals surface area contributed by atoms with Gasteiger partial charge in [-0.1, -0.05) is 13.0 Å². The van der Waals surface area contributed by atoms with Crippen molar-refractivity contribution in [3.05, 3.63) is 29.3 Å². The van der Waals surface area contributed by atoms with Gasteiger partial charge in [0.25, 0.3) is 0 Å². The number of hydrogen-bond acceptors (Lipinski definition) is 3. The average Bonchev–Trinajstić information content (AvgIpc) is 2.35. The topological polar surface area (TPSA) is 23.5 Å². The zero-order valence-electron chi connectivity index (χ0n) is 11.2. The third-order valence-electron chi connectivity index (χ3n) is 3.28. The number of rotatable bonds is 6. The molecule has 1 N–H and O–H groups in total. The Morgan fingerprint density at radius 1 is 1.41 bits per heavy atom. The highest BCUT2D eigenvalue weighted by Crippen LogP contribution is 2.22. The highest BCUT2D eigenvalue weighted by Gasteiger charge is 2.13. The lowest BCUT2D eigenvalue weighted by molar-refractivity contribution is 0.281. The minimum absolute atomic E-state index is 0.123. The monoisotopic (exact) mass is 253 g/mol. The quantitative estimate of drug-likeness (QED) is 0.843. The molecular weight excluding hydrogens is 230 g/mol. The molecular formula is C14H23NOS. The van der Waals surface area contributed by atoms with E-state index in [9.17, 15) is 5.11 Å². The third kappa shape index (κ3) is 3.65. The van der Waals surface area contributed by atoms with E-state index in [-0.39, 0.29) is 6.61 Å². The van der Waals surface area contributed by atoms with E-state index in [0.717, 1.165) is 23.3 Å². The van der Waals surface area contributed by atoms with Crippen LogP contribution in [-0.2, 0) is 6.61 Å². The third-order valence-corrected chi connectivity index (χ3v) is 4.00.